The third kappa shape index (κ3) is 1.87. The Morgan fingerprint density at radius 1 is 1.43 bits per heavy atom. The third-order valence-corrected chi connectivity index (χ3v) is 2.83. The number of nitrogens with one attached hydrogen (secondary N) is 2. The highest BCUT2D eigenvalue weighted by atomic mass is 14.9. The fourth-order valence-electron chi connectivity index (χ4n) is 2.05. The van der Waals surface area contributed by atoms with Crippen molar-refractivity contribution in [2.45, 2.75) is 18.8 Å². The van der Waals surface area contributed by atoms with Crippen LogP contribution >= 0.6 is 0 Å². The van der Waals surface area contributed by atoms with Gasteiger partial charge in [-0.2, -0.15) is 0 Å². The summed E-state index contributed by atoms with van der Waals surface area (Å²) in [5, 5.41) is 6.58. The van der Waals surface area contributed by atoms with E-state index >= 15 is 0 Å². The van der Waals surface area contributed by atoms with Crippen LogP contribution < -0.4 is 10.6 Å². The molecule has 1 aromatic rings. The molecule has 2 N–H and O–H groups in total. The second kappa shape index (κ2) is 4.42. The highest BCUT2D eigenvalue weighted by molar-refractivity contribution is 5.48. The topological polar surface area (TPSA) is 37.0 Å². The van der Waals surface area contributed by atoms with E-state index < -0.39 is 0 Å². The minimum absolute atomic E-state index is 0.625. The summed E-state index contributed by atoms with van der Waals surface area (Å²) >= 11 is 0. The maximum atomic E-state index is 4.48. The summed E-state index contributed by atoms with van der Waals surface area (Å²) < 4.78 is 0. The largest absolute Gasteiger partial charge is 0.387 e. The highest BCUT2D eigenvalue weighted by Gasteiger charge is 2.18. The second-order valence-electron chi connectivity index (χ2n) is 3.71. The Kier molecular flexibility index (Phi) is 2.99. The SMILES string of the molecule is CNc1cccnc1C1CCNCC1. The molecule has 0 atom stereocenters. The van der Waals surface area contributed by atoms with Crippen molar-refractivity contribution < 1.29 is 0 Å². The molecule has 2 heterocycles. The minimum Gasteiger partial charge on any atom is -0.387 e. The summed E-state index contributed by atoms with van der Waals surface area (Å²) in [5.41, 5.74) is 2.41. The molecule has 0 aromatic carbocycles. The van der Waals surface area contributed by atoms with Crippen molar-refractivity contribution in [1.29, 1.82) is 0 Å². The van der Waals surface area contributed by atoms with Gasteiger partial charge in [-0.3, -0.25) is 4.98 Å². The lowest BCUT2D eigenvalue weighted by Crippen LogP contribution is -2.27. The molecule has 0 bridgehead atoms. The van der Waals surface area contributed by atoms with Gasteiger partial charge in [0.15, 0.2) is 0 Å². The molecule has 0 saturated carbocycles. The third-order valence-electron chi connectivity index (χ3n) is 2.83. The summed E-state index contributed by atoms with van der Waals surface area (Å²) in [6.07, 6.45) is 4.29. The first-order valence-electron chi connectivity index (χ1n) is 5.25. The van der Waals surface area contributed by atoms with Gasteiger partial charge in [-0.05, 0) is 38.1 Å². The Labute approximate surface area is 84.9 Å². The lowest BCUT2D eigenvalue weighted by molar-refractivity contribution is 0.454. The van der Waals surface area contributed by atoms with Gasteiger partial charge in [0.1, 0.15) is 0 Å². The van der Waals surface area contributed by atoms with Crippen LogP contribution in [0.25, 0.3) is 0 Å². The lowest BCUT2D eigenvalue weighted by Gasteiger charge is -2.23. The summed E-state index contributed by atoms with van der Waals surface area (Å²) in [7, 11) is 1.96. The zero-order valence-electron chi connectivity index (χ0n) is 8.59. The van der Waals surface area contributed by atoms with E-state index in [1.807, 2.05) is 19.3 Å². The minimum atomic E-state index is 0.625. The van der Waals surface area contributed by atoms with Gasteiger partial charge >= 0.3 is 0 Å². The van der Waals surface area contributed by atoms with E-state index in [4.69, 9.17) is 0 Å². The maximum Gasteiger partial charge on any atom is 0.0666 e. The van der Waals surface area contributed by atoms with Gasteiger partial charge in [0.25, 0.3) is 0 Å². The van der Waals surface area contributed by atoms with Crippen molar-refractivity contribution in [3.05, 3.63) is 24.0 Å². The van der Waals surface area contributed by atoms with Gasteiger partial charge in [0.05, 0.1) is 11.4 Å². The number of hydrogen-bond acceptors (Lipinski definition) is 3. The quantitative estimate of drug-likeness (QED) is 0.745. The number of pyridine rings is 1. The Bertz CT molecular complexity index is 292. The van der Waals surface area contributed by atoms with E-state index in [1.165, 1.54) is 24.2 Å². The molecule has 0 radical (unpaired) electrons. The molecular formula is C11H17N3. The van der Waals surface area contributed by atoms with Crippen molar-refractivity contribution in [2.24, 2.45) is 0 Å². The summed E-state index contributed by atoms with van der Waals surface area (Å²) in [6, 6.07) is 4.08. The van der Waals surface area contributed by atoms with E-state index in [2.05, 4.69) is 21.7 Å². The number of rotatable bonds is 2. The van der Waals surface area contributed by atoms with Crippen LogP contribution in [-0.4, -0.2) is 25.1 Å². The first-order valence-corrected chi connectivity index (χ1v) is 5.25. The van der Waals surface area contributed by atoms with Crippen LogP contribution in [0.2, 0.25) is 0 Å². The van der Waals surface area contributed by atoms with E-state index in [-0.39, 0.29) is 0 Å². The van der Waals surface area contributed by atoms with Crippen LogP contribution in [0, 0.1) is 0 Å². The number of piperidine rings is 1. The van der Waals surface area contributed by atoms with Crippen molar-refractivity contribution in [1.82, 2.24) is 10.3 Å². The zero-order valence-corrected chi connectivity index (χ0v) is 8.59. The van der Waals surface area contributed by atoms with Crippen LogP contribution in [0.15, 0.2) is 18.3 Å². The normalized spacial score (nSPS) is 18.1. The molecule has 76 valence electrons. The monoisotopic (exact) mass is 191 g/mol. The Balaban J connectivity index is 2.20. The highest BCUT2D eigenvalue weighted by Crippen LogP contribution is 2.28. The van der Waals surface area contributed by atoms with Gasteiger partial charge in [0.2, 0.25) is 0 Å². The first kappa shape index (κ1) is 9.46. The Hall–Kier alpha value is -1.09. The van der Waals surface area contributed by atoms with Gasteiger partial charge in [-0.15, -0.1) is 0 Å². The van der Waals surface area contributed by atoms with E-state index in [0.717, 1.165) is 13.1 Å². The van der Waals surface area contributed by atoms with Crippen molar-refractivity contribution in [3.63, 3.8) is 0 Å². The number of nitrogens with zero attached hydrogens (tertiary/aromatic N) is 1. The van der Waals surface area contributed by atoms with Crippen LogP contribution in [0.5, 0.6) is 0 Å². The van der Waals surface area contributed by atoms with Crippen LogP contribution in [0.1, 0.15) is 24.5 Å². The summed E-state index contributed by atoms with van der Waals surface area (Å²) in [6.45, 7) is 2.23. The van der Waals surface area contributed by atoms with Crippen molar-refractivity contribution in [2.75, 3.05) is 25.5 Å². The van der Waals surface area contributed by atoms with Gasteiger partial charge in [-0.1, -0.05) is 0 Å². The second-order valence-corrected chi connectivity index (χ2v) is 3.71. The van der Waals surface area contributed by atoms with Gasteiger partial charge in [-0.25, -0.2) is 0 Å². The lowest BCUT2D eigenvalue weighted by atomic mass is 9.93. The standard InChI is InChI=1S/C11H17N3/c1-12-10-3-2-6-14-11(10)9-4-7-13-8-5-9/h2-3,6,9,12-13H,4-5,7-8H2,1H3. The predicted octanol–water partition coefficient (Wildman–Crippen LogP) is 1.59. The molecule has 3 heteroatoms. The summed E-state index contributed by atoms with van der Waals surface area (Å²) in [4.78, 5) is 4.48. The molecule has 1 aliphatic rings. The fourth-order valence-corrected chi connectivity index (χ4v) is 2.05. The molecule has 1 aromatic heterocycles. The molecule has 0 unspecified atom stereocenters. The average molecular weight is 191 g/mol. The Morgan fingerprint density at radius 3 is 2.93 bits per heavy atom. The maximum absolute atomic E-state index is 4.48. The molecule has 3 nitrogen and oxygen atoms in total. The zero-order chi connectivity index (χ0) is 9.80. The van der Waals surface area contributed by atoms with Gasteiger partial charge < -0.3 is 10.6 Å². The first-order chi connectivity index (χ1) is 6.92. The number of anilines is 1. The fraction of sp³-hybridized carbons (Fsp3) is 0.545. The number of aromatic nitrogens is 1. The number of hydrogen-bond donors (Lipinski definition) is 2. The van der Waals surface area contributed by atoms with E-state index in [1.54, 1.807) is 0 Å². The van der Waals surface area contributed by atoms with Crippen molar-refractivity contribution in [3.8, 4) is 0 Å². The molecule has 0 spiro atoms. The van der Waals surface area contributed by atoms with E-state index in [9.17, 15) is 0 Å². The molecular weight excluding hydrogens is 174 g/mol. The van der Waals surface area contributed by atoms with Crippen LogP contribution in [0.4, 0.5) is 5.69 Å². The molecule has 2 rings (SSSR count). The van der Waals surface area contributed by atoms with E-state index in [0.29, 0.717) is 5.92 Å². The van der Waals surface area contributed by atoms with Crippen molar-refractivity contribution >= 4 is 5.69 Å². The average Bonchev–Trinajstić information content (AvgIpc) is 2.30. The predicted molar refractivity (Wildman–Crippen MR) is 58.6 cm³/mol. The molecule has 1 fully saturated rings. The molecule has 1 saturated heterocycles. The molecule has 0 aliphatic carbocycles. The van der Waals surface area contributed by atoms with Crippen LogP contribution in [0.3, 0.4) is 0 Å². The van der Waals surface area contributed by atoms with Gasteiger partial charge in [0, 0.05) is 19.2 Å². The Morgan fingerprint density at radius 2 is 2.21 bits per heavy atom. The molecule has 14 heavy (non-hydrogen) atoms. The van der Waals surface area contributed by atoms with Crippen LogP contribution in [-0.2, 0) is 0 Å². The molecule has 0 amide bonds. The smallest absolute Gasteiger partial charge is 0.0666 e. The summed E-state index contributed by atoms with van der Waals surface area (Å²) in [5.74, 6) is 0.625. The molecule has 1 aliphatic heterocycles.